The summed E-state index contributed by atoms with van der Waals surface area (Å²) >= 11 is 0. The summed E-state index contributed by atoms with van der Waals surface area (Å²) in [5.74, 6) is -0.644. The minimum absolute atomic E-state index is 0.0460. The number of ether oxygens (including phenoxy) is 2. The van der Waals surface area contributed by atoms with E-state index < -0.39 is 36.0 Å². The van der Waals surface area contributed by atoms with Crippen LogP contribution in [0.5, 0.6) is 0 Å². The Morgan fingerprint density at radius 2 is 1.88 bits per heavy atom. The molecule has 0 heterocycles. The Morgan fingerprint density at radius 3 is 2.50 bits per heavy atom. The summed E-state index contributed by atoms with van der Waals surface area (Å²) in [6.07, 6.45) is 5.26. The fourth-order valence-electron chi connectivity index (χ4n) is 4.89. The lowest BCUT2D eigenvalue weighted by molar-refractivity contribution is -0.160. The molecule has 0 bridgehead atoms. The Balaban J connectivity index is 2.01. The molecule has 0 fully saturated rings. The van der Waals surface area contributed by atoms with Crippen LogP contribution in [0.1, 0.15) is 80.1 Å². The van der Waals surface area contributed by atoms with Gasteiger partial charge in [-0.2, -0.15) is 0 Å². The van der Waals surface area contributed by atoms with Crippen LogP contribution in [0.4, 0.5) is 0 Å². The van der Waals surface area contributed by atoms with Crippen molar-refractivity contribution in [3.8, 4) is 0 Å². The van der Waals surface area contributed by atoms with Gasteiger partial charge in [-0.1, -0.05) is 39.0 Å². The van der Waals surface area contributed by atoms with Gasteiger partial charge in [0, 0.05) is 12.3 Å². The highest BCUT2D eigenvalue weighted by Gasteiger charge is 2.42. The maximum atomic E-state index is 12.5. The lowest BCUT2D eigenvalue weighted by atomic mass is 9.66. The van der Waals surface area contributed by atoms with Crippen molar-refractivity contribution in [1.82, 2.24) is 0 Å². The largest absolute Gasteiger partial charge is 0.461 e. The maximum Gasteiger partial charge on any atom is 0.308 e. The lowest BCUT2D eigenvalue weighted by Gasteiger charge is -2.43. The van der Waals surface area contributed by atoms with Crippen molar-refractivity contribution in [3.63, 3.8) is 0 Å². The van der Waals surface area contributed by atoms with Crippen molar-refractivity contribution in [2.75, 3.05) is 0 Å². The van der Waals surface area contributed by atoms with E-state index in [0.717, 1.165) is 5.57 Å². The van der Waals surface area contributed by atoms with E-state index in [1.165, 1.54) is 0 Å². The molecule has 3 N–H and O–H groups in total. The molecule has 0 radical (unpaired) electrons. The summed E-state index contributed by atoms with van der Waals surface area (Å²) in [6, 6.07) is 0. The summed E-state index contributed by atoms with van der Waals surface area (Å²) in [5.41, 5.74) is 0.358. The van der Waals surface area contributed by atoms with Crippen LogP contribution < -0.4 is 0 Å². The van der Waals surface area contributed by atoms with E-state index in [4.69, 9.17) is 9.47 Å². The van der Waals surface area contributed by atoms with Gasteiger partial charge in [-0.25, -0.2) is 0 Å². The van der Waals surface area contributed by atoms with Crippen molar-refractivity contribution in [2.24, 2.45) is 23.7 Å². The first-order valence-corrected chi connectivity index (χ1v) is 12.7. The number of allylic oxidation sites excluding steroid dienone is 2. The molecule has 0 aromatic rings. The van der Waals surface area contributed by atoms with Crippen molar-refractivity contribution < 1.29 is 34.4 Å². The Kier molecular flexibility index (Phi) is 10.3. The van der Waals surface area contributed by atoms with Crippen LogP contribution in [-0.2, 0) is 19.1 Å². The van der Waals surface area contributed by atoms with E-state index in [9.17, 15) is 24.9 Å². The van der Waals surface area contributed by atoms with E-state index in [-0.39, 0.29) is 42.5 Å². The van der Waals surface area contributed by atoms with E-state index in [1.807, 2.05) is 26.0 Å². The number of aliphatic hydroxyl groups is 3. The van der Waals surface area contributed by atoms with Gasteiger partial charge in [0.15, 0.2) is 0 Å². The average Bonchev–Trinajstić information content (AvgIpc) is 2.70. The summed E-state index contributed by atoms with van der Waals surface area (Å²) in [7, 11) is 0. The molecule has 0 saturated heterocycles. The lowest BCUT2D eigenvalue weighted by Crippen LogP contribution is -2.43. The van der Waals surface area contributed by atoms with Crippen LogP contribution in [0.25, 0.3) is 0 Å². The van der Waals surface area contributed by atoms with Crippen LogP contribution in [-0.4, -0.2) is 57.3 Å². The highest BCUT2D eigenvalue weighted by atomic mass is 16.6. The molecule has 2 aliphatic rings. The van der Waals surface area contributed by atoms with Gasteiger partial charge in [-0.3, -0.25) is 9.59 Å². The number of carbonyl (C=O) groups is 2. The summed E-state index contributed by atoms with van der Waals surface area (Å²) in [5, 5.41) is 31.1. The first-order valence-electron chi connectivity index (χ1n) is 12.7. The zero-order valence-electron chi connectivity index (χ0n) is 21.6. The predicted molar refractivity (Wildman–Crippen MR) is 130 cm³/mol. The molecule has 2 rings (SSSR count). The monoisotopic (exact) mass is 480 g/mol. The predicted octanol–water partition coefficient (Wildman–Crippen LogP) is 3.70. The third-order valence-electron chi connectivity index (χ3n) is 6.85. The molecular weight excluding hydrogens is 436 g/mol. The van der Waals surface area contributed by atoms with Crippen LogP contribution in [0, 0.1) is 23.7 Å². The van der Waals surface area contributed by atoms with Gasteiger partial charge >= 0.3 is 11.9 Å². The van der Waals surface area contributed by atoms with Crippen molar-refractivity contribution in [1.29, 1.82) is 0 Å². The first kappa shape index (κ1) is 28.5. The van der Waals surface area contributed by atoms with Gasteiger partial charge in [0.1, 0.15) is 11.7 Å². The SMILES string of the molecule is CC[C@H](C)C(=O)O[C@H]1C[C@H](O)C=C2C=C[C@H](C)[C@H](CC[C@@H](O)C[C@@H](O)CC(=O)OC(C)(C)C)[C@H]21. The fraction of sp³-hybridized carbons (Fsp3) is 0.778. The first-order chi connectivity index (χ1) is 15.8. The van der Waals surface area contributed by atoms with Crippen LogP contribution in [0.15, 0.2) is 23.8 Å². The number of hydrogen-bond acceptors (Lipinski definition) is 7. The number of esters is 2. The average molecular weight is 481 g/mol. The highest BCUT2D eigenvalue weighted by Crippen LogP contribution is 2.44. The number of aliphatic hydroxyl groups excluding tert-OH is 3. The molecule has 0 amide bonds. The summed E-state index contributed by atoms with van der Waals surface area (Å²) < 4.78 is 11.1. The Morgan fingerprint density at radius 1 is 1.21 bits per heavy atom. The molecule has 0 spiro atoms. The highest BCUT2D eigenvalue weighted by molar-refractivity contribution is 5.72. The minimum atomic E-state index is -0.974. The minimum Gasteiger partial charge on any atom is -0.461 e. The second kappa shape index (κ2) is 12.3. The van der Waals surface area contributed by atoms with E-state index in [1.54, 1.807) is 20.8 Å². The van der Waals surface area contributed by atoms with Crippen LogP contribution >= 0.6 is 0 Å². The molecule has 0 saturated carbocycles. The van der Waals surface area contributed by atoms with E-state index >= 15 is 0 Å². The van der Waals surface area contributed by atoms with Gasteiger partial charge in [-0.05, 0) is 63.9 Å². The standard InChI is InChI=1S/C27H44O7/c1-7-16(2)26(32)33-23-14-20(29)12-18-9-8-17(3)22(25(18)23)11-10-19(28)13-21(30)15-24(31)34-27(4,5)6/h8-9,12,16-17,19-23,25,28-30H,7,10-11,13-15H2,1-6H3/t16-,17-,19+,20+,21+,22-,23-,25-/m0/s1. The Bertz CT molecular complexity index is 751. The normalized spacial score (nSPS) is 29.4. The third-order valence-corrected chi connectivity index (χ3v) is 6.85. The van der Waals surface area contributed by atoms with Crippen LogP contribution in [0.2, 0.25) is 0 Å². The molecule has 2 aliphatic carbocycles. The molecule has 0 aliphatic heterocycles. The number of hydrogen-bond donors (Lipinski definition) is 3. The summed E-state index contributed by atoms with van der Waals surface area (Å²) in [6.45, 7) is 11.2. The third kappa shape index (κ3) is 8.51. The van der Waals surface area contributed by atoms with Crippen LogP contribution in [0.3, 0.4) is 0 Å². The quantitative estimate of drug-likeness (QED) is 0.409. The van der Waals surface area contributed by atoms with E-state index in [2.05, 4.69) is 13.0 Å². The number of rotatable bonds is 10. The zero-order valence-corrected chi connectivity index (χ0v) is 21.6. The second-order valence-electron chi connectivity index (χ2n) is 11.1. The van der Waals surface area contributed by atoms with Crippen molar-refractivity contribution in [2.45, 2.75) is 110 Å². The van der Waals surface area contributed by atoms with Gasteiger partial charge in [0.05, 0.1) is 30.7 Å². The Labute approximate surface area is 204 Å². The second-order valence-corrected chi connectivity index (χ2v) is 11.1. The molecule has 194 valence electrons. The number of carbonyl (C=O) groups excluding carboxylic acids is 2. The van der Waals surface area contributed by atoms with Crippen molar-refractivity contribution >= 4 is 11.9 Å². The molecule has 0 aromatic heterocycles. The Hall–Kier alpha value is -1.70. The maximum absolute atomic E-state index is 12.5. The molecule has 7 heteroatoms. The van der Waals surface area contributed by atoms with Gasteiger partial charge < -0.3 is 24.8 Å². The molecule has 0 aromatic carbocycles. The zero-order chi connectivity index (χ0) is 25.6. The molecule has 0 unspecified atom stereocenters. The molecule has 8 atom stereocenters. The smallest absolute Gasteiger partial charge is 0.308 e. The summed E-state index contributed by atoms with van der Waals surface area (Å²) in [4.78, 5) is 24.5. The van der Waals surface area contributed by atoms with Gasteiger partial charge in [-0.15, -0.1) is 0 Å². The molecule has 34 heavy (non-hydrogen) atoms. The molecule has 7 nitrogen and oxygen atoms in total. The van der Waals surface area contributed by atoms with Gasteiger partial charge in [0.25, 0.3) is 0 Å². The number of fused-ring (bicyclic) bond motifs is 1. The fourth-order valence-corrected chi connectivity index (χ4v) is 4.89. The van der Waals surface area contributed by atoms with E-state index in [0.29, 0.717) is 25.7 Å². The van der Waals surface area contributed by atoms with Crippen molar-refractivity contribution in [3.05, 3.63) is 23.8 Å². The van der Waals surface area contributed by atoms with Gasteiger partial charge in [0.2, 0.25) is 0 Å². The molecular formula is C27H44O7. The topological polar surface area (TPSA) is 113 Å².